The molecule has 1 atom stereocenters. The average molecular weight is 398 g/mol. The van der Waals surface area contributed by atoms with Gasteiger partial charge < -0.3 is 14.2 Å². The van der Waals surface area contributed by atoms with E-state index in [-0.39, 0.29) is 11.8 Å². The number of hydrogen-bond acceptors (Lipinski definition) is 5. The van der Waals surface area contributed by atoms with Gasteiger partial charge in [0.05, 0.1) is 18.1 Å². The van der Waals surface area contributed by atoms with Crippen LogP contribution in [0.4, 0.5) is 0 Å². The Bertz CT molecular complexity index is 988. The van der Waals surface area contributed by atoms with Gasteiger partial charge in [-0.1, -0.05) is 47.1 Å². The molecule has 4 rings (SSSR count). The monoisotopic (exact) mass is 397 g/mol. The van der Waals surface area contributed by atoms with Crippen LogP contribution in [0, 0.1) is 0 Å². The molecule has 0 bridgehead atoms. The lowest BCUT2D eigenvalue weighted by Gasteiger charge is -2.16. The van der Waals surface area contributed by atoms with Gasteiger partial charge in [-0.3, -0.25) is 4.79 Å². The first kappa shape index (κ1) is 18.5. The normalized spacial score (nSPS) is 16.6. The lowest BCUT2D eigenvalue weighted by atomic mass is 10.1. The third-order valence-corrected chi connectivity index (χ3v) is 5.12. The molecular weight excluding hydrogens is 378 g/mol. The van der Waals surface area contributed by atoms with Crippen molar-refractivity contribution in [2.75, 3.05) is 13.2 Å². The second-order valence-corrected chi connectivity index (χ2v) is 7.06. The van der Waals surface area contributed by atoms with Crippen LogP contribution in [0.3, 0.4) is 0 Å². The zero-order valence-electron chi connectivity index (χ0n) is 15.5. The van der Waals surface area contributed by atoms with Gasteiger partial charge in [-0.05, 0) is 30.7 Å². The van der Waals surface area contributed by atoms with E-state index in [2.05, 4.69) is 10.1 Å². The quantitative estimate of drug-likeness (QED) is 0.620. The Morgan fingerprint density at radius 1 is 1.21 bits per heavy atom. The second-order valence-electron chi connectivity index (χ2n) is 6.65. The fraction of sp³-hybridized carbons (Fsp3) is 0.286. The molecule has 1 aliphatic rings. The predicted molar refractivity (Wildman–Crippen MR) is 105 cm³/mol. The molecule has 2 heterocycles. The molecule has 1 unspecified atom stereocenters. The van der Waals surface area contributed by atoms with Gasteiger partial charge in [0, 0.05) is 24.5 Å². The minimum Gasteiger partial charge on any atom is -0.493 e. The van der Waals surface area contributed by atoms with Crippen LogP contribution in [0.1, 0.15) is 30.7 Å². The molecule has 1 aliphatic heterocycles. The number of amides is 1. The molecule has 0 radical (unpaired) electrons. The van der Waals surface area contributed by atoms with Crippen molar-refractivity contribution in [3.63, 3.8) is 0 Å². The van der Waals surface area contributed by atoms with Crippen molar-refractivity contribution < 1.29 is 14.1 Å². The molecule has 1 aromatic heterocycles. The fourth-order valence-corrected chi connectivity index (χ4v) is 3.56. The maximum absolute atomic E-state index is 12.5. The molecule has 1 fully saturated rings. The SMILES string of the molecule is CCOc1ccccc1-c1noc(C2CC(=O)N(Cc3ccccc3Cl)C2)n1. The third-order valence-electron chi connectivity index (χ3n) is 4.75. The molecule has 144 valence electrons. The minimum atomic E-state index is -0.129. The van der Waals surface area contributed by atoms with Gasteiger partial charge in [0.2, 0.25) is 17.6 Å². The van der Waals surface area contributed by atoms with Crippen molar-refractivity contribution in [1.29, 1.82) is 0 Å². The Morgan fingerprint density at radius 2 is 2.00 bits per heavy atom. The largest absolute Gasteiger partial charge is 0.493 e. The first-order valence-corrected chi connectivity index (χ1v) is 9.60. The molecule has 0 aliphatic carbocycles. The topological polar surface area (TPSA) is 68.5 Å². The number of likely N-dealkylation sites (tertiary alicyclic amines) is 1. The number of carbonyl (C=O) groups is 1. The molecule has 7 heteroatoms. The molecule has 6 nitrogen and oxygen atoms in total. The first-order valence-electron chi connectivity index (χ1n) is 9.22. The standard InChI is InChI=1S/C21H20ClN3O3/c1-2-27-18-10-6-4-8-16(18)20-23-21(28-24-20)15-11-19(26)25(13-15)12-14-7-3-5-9-17(14)22/h3-10,15H,2,11-13H2,1H3. The molecular formula is C21H20ClN3O3. The molecule has 28 heavy (non-hydrogen) atoms. The molecule has 1 saturated heterocycles. The number of benzene rings is 2. The number of nitrogens with zero attached hydrogens (tertiary/aromatic N) is 3. The van der Waals surface area contributed by atoms with Crippen LogP contribution in [-0.4, -0.2) is 34.1 Å². The Kier molecular flexibility index (Phi) is 5.30. The molecule has 0 saturated carbocycles. The number of halogens is 1. The molecule has 1 amide bonds. The van der Waals surface area contributed by atoms with Crippen LogP contribution in [0.15, 0.2) is 53.1 Å². The van der Waals surface area contributed by atoms with Gasteiger partial charge in [-0.25, -0.2) is 0 Å². The van der Waals surface area contributed by atoms with Gasteiger partial charge in [-0.2, -0.15) is 4.98 Å². The summed E-state index contributed by atoms with van der Waals surface area (Å²) < 4.78 is 11.1. The summed E-state index contributed by atoms with van der Waals surface area (Å²) >= 11 is 6.22. The van der Waals surface area contributed by atoms with E-state index in [9.17, 15) is 4.79 Å². The van der Waals surface area contributed by atoms with Crippen LogP contribution in [0.5, 0.6) is 5.75 Å². The van der Waals surface area contributed by atoms with Crippen molar-refractivity contribution in [3.05, 3.63) is 65.0 Å². The molecule has 2 aromatic carbocycles. The van der Waals surface area contributed by atoms with Gasteiger partial charge in [0.15, 0.2) is 0 Å². The van der Waals surface area contributed by atoms with E-state index in [4.69, 9.17) is 20.9 Å². The summed E-state index contributed by atoms with van der Waals surface area (Å²) in [6, 6.07) is 15.1. The zero-order chi connectivity index (χ0) is 19.5. The maximum atomic E-state index is 12.5. The molecule has 3 aromatic rings. The van der Waals surface area contributed by atoms with Crippen LogP contribution >= 0.6 is 11.6 Å². The van der Waals surface area contributed by atoms with Crippen LogP contribution in [0.25, 0.3) is 11.4 Å². The number of hydrogen-bond donors (Lipinski definition) is 0. The summed E-state index contributed by atoms with van der Waals surface area (Å²) in [7, 11) is 0. The summed E-state index contributed by atoms with van der Waals surface area (Å²) in [4.78, 5) is 18.8. The smallest absolute Gasteiger partial charge is 0.232 e. The van der Waals surface area contributed by atoms with E-state index in [0.29, 0.717) is 48.6 Å². The Hall–Kier alpha value is -2.86. The highest BCUT2D eigenvalue weighted by Crippen LogP contribution is 2.32. The van der Waals surface area contributed by atoms with Gasteiger partial charge in [0.1, 0.15) is 5.75 Å². The number of para-hydroxylation sites is 1. The number of ether oxygens (including phenoxy) is 1. The maximum Gasteiger partial charge on any atom is 0.232 e. The van der Waals surface area contributed by atoms with Crippen molar-refractivity contribution in [3.8, 4) is 17.1 Å². The average Bonchev–Trinajstić information content (AvgIpc) is 3.32. The minimum absolute atomic E-state index is 0.0550. The number of rotatable bonds is 6. The lowest BCUT2D eigenvalue weighted by molar-refractivity contribution is -0.128. The first-order chi connectivity index (χ1) is 13.7. The number of carbonyl (C=O) groups excluding carboxylic acids is 1. The lowest BCUT2D eigenvalue weighted by Crippen LogP contribution is -2.24. The summed E-state index contributed by atoms with van der Waals surface area (Å²) in [5.41, 5.74) is 1.70. The van der Waals surface area contributed by atoms with E-state index in [1.807, 2.05) is 55.5 Å². The molecule has 0 spiro atoms. The highest BCUT2D eigenvalue weighted by molar-refractivity contribution is 6.31. The fourth-order valence-electron chi connectivity index (χ4n) is 3.37. The Morgan fingerprint density at radius 3 is 2.82 bits per heavy atom. The van der Waals surface area contributed by atoms with Gasteiger partial charge >= 0.3 is 0 Å². The van der Waals surface area contributed by atoms with E-state index in [0.717, 1.165) is 11.1 Å². The van der Waals surface area contributed by atoms with Crippen molar-refractivity contribution in [2.24, 2.45) is 0 Å². The Labute approximate surface area is 168 Å². The summed E-state index contributed by atoms with van der Waals surface area (Å²) in [5, 5.41) is 4.76. The summed E-state index contributed by atoms with van der Waals surface area (Å²) in [5.74, 6) is 1.57. The highest BCUT2D eigenvalue weighted by Gasteiger charge is 2.34. The Balaban J connectivity index is 1.51. The molecule has 0 N–H and O–H groups in total. The van der Waals surface area contributed by atoms with Crippen molar-refractivity contribution in [1.82, 2.24) is 15.0 Å². The van der Waals surface area contributed by atoms with E-state index >= 15 is 0 Å². The van der Waals surface area contributed by atoms with Crippen LogP contribution in [0.2, 0.25) is 5.02 Å². The van der Waals surface area contributed by atoms with Crippen LogP contribution < -0.4 is 4.74 Å². The van der Waals surface area contributed by atoms with Crippen molar-refractivity contribution >= 4 is 17.5 Å². The van der Waals surface area contributed by atoms with Gasteiger partial charge in [0.25, 0.3) is 0 Å². The van der Waals surface area contributed by atoms with Crippen LogP contribution in [-0.2, 0) is 11.3 Å². The summed E-state index contributed by atoms with van der Waals surface area (Å²) in [6.45, 7) is 3.48. The van der Waals surface area contributed by atoms with Gasteiger partial charge in [-0.15, -0.1) is 0 Å². The van der Waals surface area contributed by atoms with Crippen molar-refractivity contribution in [2.45, 2.75) is 25.8 Å². The summed E-state index contributed by atoms with van der Waals surface area (Å²) in [6.07, 6.45) is 0.346. The van der Waals surface area contributed by atoms with E-state index in [1.165, 1.54) is 0 Å². The highest BCUT2D eigenvalue weighted by atomic mass is 35.5. The predicted octanol–water partition coefficient (Wildman–Crippen LogP) is 4.30. The van der Waals surface area contributed by atoms with E-state index < -0.39 is 0 Å². The number of aromatic nitrogens is 2. The third kappa shape index (κ3) is 3.73. The van der Waals surface area contributed by atoms with E-state index in [1.54, 1.807) is 4.90 Å². The second kappa shape index (κ2) is 8.02. The zero-order valence-corrected chi connectivity index (χ0v) is 16.2.